The van der Waals surface area contributed by atoms with Crippen LogP contribution in [0.3, 0.4) is 0 Å². The smallest absolute Gasteiger partial charge is 0.306 e. The number of halogens is 1. The molecule has 0 radical (unpaired) electrons. The highest BCUT2D eigenvalue weighted by atomic mass is 35.5. The number of nitrogens with one attached hydrogen (secondary N) is 2. The summed E-state index contributed by atoms with van der Waals surface area (Å²) >= 11 is 6.03. The number of anilines is 2. The molecule has 0 spiro atoms. The molecular weight excluding hydrogens is 492 g/mol. The van der Waals surface area contributed by atoms with Gasteiger partial charge in [0.25, 0.3) is 5.91 Å². The van der Waals surface area contributed by atoms with E-state index in [1.54, 1.807) is 49.4 Å². The summed E-state index contributed by atoms with van der Waals surface area (Å²) < 4.78 is 10.8. The second-order valence-electron chi connectivity index (χ2n) is 9.57. The van der Waals surface area contributed by atoms with Crippen LogP contribution in [0.2, 0.25) is 5.02 Å². The first-order chi connectivity index (χ1) is 17.5. The maximum Gasteiger partial charge on any atom is 0.306 e. The van der Waals surface area contributed by atoms with Gasteiger partial charge in [-0.25, -0.2) is 0 Å². The van der Waals surface area contributed by atoms with Crippen LogP contribution in [0.5, 0.6) is 11.5 Å². The topological polar surface area (TPSA) is 93.7 Å². The van der Waals surface area contributed by atoms with Crippen molar-refractivity contribution in [3.05, 3.63) is 82.9 Å². The van der Waals surface area contributed by atoms with E-state index in [2.05, 4.69) is 31.4 Å². The molecule has 0 aliphatic carbocycles. The number of hydrogen-bond donors (Lipinski definition) is 2. The largest absolute Gasteiger partial charge is 0.457 e. The van der Waals surface area contributed by atoms with Gasteiger partial charge in [0, 0.05) is 22.8 Å². The molecule has 0 unspecified atom stereocenters. The molecule has 0 atom stereocenters. The maximum atomic E-state index is 12.2. The molecule has 37 heavy (non-hydrogen) atoms. The van der Waals surface area contributed by atoms with Gasteiger partial charge in [-0.15, -0.1) is 0 Å². The van der Waals surface area contributed by atoms with Crippen molar-refractivity contribution in [3.8, 4) is 11.5 Å². The first kappa shape index (κ1) is 27.7. The molecule has 194 valence electrons. The minimum atomic E-state index is -0.644. The van der Waals surface area contributed by atoms with Crippen LogP contribution >= 0.6 is 11.6 Å². The quantitative estimate of drug-likeness (QED) is 0.307. The van der Waals surface area contributed by atoms with Crippen LogP contribution in [0, 0.1) is 6.92 Å². The Balaban J connectivity index is 1.39. The zero-order chi connectivity index (χ0) is 27.0. The van der Waals surface area contributed by atoms with Crippen LogP contribution in [0.25, 0.3) is 0 Å². The van der Waals surface area contributed by atoms with Gasteiger partial charge in [0.15, 0.2) is 6.61 Å². The van der Waals surface area contributed by atoms with Crippen molar-refractivity contribution in [3.63, 3.8) is 0 Å². The van der Waals surface area contributed by atoms with Crippen molar-refractivity contribution in [2.45, 2.75) is 46.0 Å². The van der Waals surface area contributed by atoms with Gasteiger partial charge in [0.2, 0.25) is 5.91 Å². The maximum absolute atomic E-state index is 12.2. The Kier molecular flexibility index (Phi) is 9.31. The summed E-state index contributed by atoms with van der Waals surface area (Å²) in [6.07, 6.45) is -0.229. The van der Waals surface area contributed by atoms with Gasteiger partial charge in [-0.3, -0.25) is 14.4 Å². The number of hydrogen-bond acceptors (Lipinski definition) is 5. The van der Waals surface area contributed by atoms with Gasteiger partial charge in [-0.1, -0.05) is 50.6 Å². The molecule has 0 saturated carbocycles. The molecule has 8 heteroatoms. The standard InChI is InChI=1S/C29H31ClN2O5/c1-19-24(30)6-5-7-25(19)32-27(34)18-36-28(35)17-16-26(33)31-21-10-14-23(15-11-21)37-22-12-8-20(9-13-22)29(2,3)4/h5-15H,16-18H2,1-4H3,(H,31,33)(H,32,34). The SMILES string of the molecule is Cc1c(Cl)cccc1NC(=O)COC(=O)CCC(=O)Nc1ccc(Oc2ccc(C(C)(C)C)cc2)cc1. The summed E-state index contributed by atoms with van der Waals surface area (Å²) in [4.78, 5) is 36.2. The molecule has 3 rings (SSSR count). The molecule has 0 bridgehead atoms. The van der Waals surface area contributed by atoms with E-state index in [1.165, 1.54) is 5.56 Å². The molecule has 0 aliphatic heterocycles. The molecule has 7 nitrogen and oxygen atoms in total. The normalized spacial score (nSPS) is 10.9. The Morgan fingerprint density at radius 1 is 0.811 bits per heavy atom. The van der Waals surface area contributed by atoms with Crippen LogP contribution in [-0.2, 0) is 24.5 Å². The number of rotatable bonds is 9. The molecule has 0 aliphatic rings. The average molecular weight is 523 g/mol. The van der Waals surface area contributed by atoms with Crippen molar-refractivity contribution in [1.29, 1.82) is 0 Å². The van der Waals surface area contributed by atoms with Crippen molar-refractivity contribution in [2.24, 2.45) is 0 Å². The average Bonchev–Trinajstić information content (AvgIpc) is 2.85. The lowest BCUT2D eigenvalue weighted by Crippen LogP contribution is -2.22. The first-order valence-corrected chi connectivity index (χ1v) is 12.3. The predicted octanol–water partition coefficient (Wildman–Crippen LogP) is 6.64. The molecule has 2 amide bonds. The Labute approximate surface area is 222 Å². The summed E-state index contributed by atoms with van der Waals surface area (Å²) in [5, 5.41) is 5.89. The zero-order valence-electron chi connectivity index (χ0n) is 21.4. The summed E-state index contributed by atoms with van der Waals surface area (Å²) in [7, 11) is 0. The second-order valence-corrected chi connectivity index (χ2v) is 9.98. The second kappa shape index (κ2) is 12.4. The highest BCUT2D eigenvalue weighted by Crippen LogP contribution is 2.27. The summed E-state index contributed by atoms with van der Waals surface area (Å²) in [5.41, 5.74) is 3.13. The third-order valence-electron chi connectivity index (χ3n) is 5.56. The number of ether oxygens (including phenoxy) is 2. The molecule has 3 aromatic carbocycles. The predicted molar refractivity (Wildman–Crippen MR) is 145 cm³/mol. The lowest BCUT2D eigenvalue weighted by molar-refractivity contribution is -0.147. The lowest BCUT2D eigenvalue weighted by Gasteiger charge is -2.19. The van der Waals surface area contributed by atoms with E-state index in [0.29, 0.717) is 22.1 Å². The fraction of sp³-hybridized carbons (Fsp3) is 0.276. The van der Waals surface area contributed by atoms with Gasteiger partial charge in [-0.2, -0.15) is 0 Å². The van der Waals surface area contributed by atoms with Gasteiger partial charge < -0.3 is 20.1 Å². The molecular formula is C29H31ClN2O5. The van der Waals surface area contributed by atoms with E-state index in [0.717, 1.165) is 11.3 Å². The van der Waals surface area contributed by atoms with Crippen LogP contribution < -0.4 is 15.4 Å². The fourth-order valence-corrected chi connectivity index (χ4v) is 3.53. The van der Waals surface area contributed by atoms with Crippen LogP contribution in [0.1, 0.15) is 44.7 Å². The number of benzene rings is 3. The first-order valence-electron chi connectivity index (χ1n) is 11.9. The van der Waals surface area contributed by atoms with E-state index in [1.807, 2.05) is 24.3 Å². The highest BCUT2D eigenvalue weighted by Gasteiger charge is 2.14. The van der Waals surface area contributed by atoms with Crippen molar-refractivity contribution < 1.29 is 23.9 Å². The Morgan fingerprint density at radius 3 is 2.05 bits per heavy atom. The van der Waals surface area contributed by atoms with E-state index in [4.69, 9.17) is 21.1 Å². The molecule has 2 N–H and O–H groups in total. The fourth-order valence-electron chi connectivity index (χ4n) is 3.35. The van der Waals surface area contributed by atoms with Crippen molar-refractivity contribution in [1.82, 2.24) is 0 Å². The number of amides is 2. The minimum absolute atomic E-state index is 0.0700. The molecule has 0 saturated heterocycles. The number of esters is 1. The van der Waals surface area contributed by atoms with Crippen LogP contribution in [0.4, 0.5) is 11.4 Å². The monoisotopic (exact) mass is 522 g/mol. The molecule has 0 fully saturated rings. The number of carbonyl (C=O) groups is 3. The molecule has 0 aromatic heterocycles. The van der Waals surface area contributed by atoms with Crippen LogP contribution in [0.15, 0.2) is 66.7 Å². The molecule has 0 heterocycles. The third-order valence-corrected chi connectivity index (χ3v) is 5.97. The number of carbonyl (C=O) groups excluding carboxylic acids is 3. The molecule has 3 aromatic rings. The Morgan fingerprint density at radius 2 is 1.43 bits per heavy atom. The van der Waals surface area contributed by atoms with Gasteiger partial charge in [0.05, 0.1) is 6.42 Å². The minimum Gasteiger partial charge on any atom is -0.457 e. The van der Waals surface area contributed by atoms with Crippen LogP contribution in [-0.4, -0.2) is 24.4 Å². The van der Waals surface area contributed by atoms with E-state index in [9.17, 15) is 14.4 Å². The summed E-state index contributed by atoms with van der Waals surface area (Å²) in [6.45, 7) is 7.79. The van der Waals surface area contributed by atoms with Crippen molar-refractivity contribution >= 4 is 40.8 Å². The highest BCUT2D eigenvalue weighted by molar-refractivity contribution is 6.31. The third kappa shape index (κ3) is 8.65. The van der Waals surface area contributed by atoms with E-state index < -0.39 is 18.5 Å². The summed E-state index contributed by atoms with van der Waals surface area (Å²) in [5.74, 6) is -0.122. The summed E-state index contributed by atoms with van der Waals surface area (Å²) in [6, 6.07) is 20.0. The van der Waals surface area contributed by atoms with Gasteiger partial charge in [-0.05, 0) is 72.0 Å². The Hall–Kier alpha value is -3.84. The van der Waals surface area contributed by atoms with E-state index >= 15 is 0 Å². The van der Waals surface area contributed by atoms with Gasteiger partial charge in [0.1, 0.15) is 11.5 Å². The van der Waals surface area contributed by atoms with Gasteiger partial charge >= 0.3 is 5.97 Å². The zero-order valence-corrected chi connectivity index (χ0v) is 22.1. The Bertz CT molecular complexity index is 1250. The lowest BCUT2D eigenvalue weighted by atomic mass is 9.87. The van der Waals surface area contributed by atoms with Crippen molar-refractivity contribution in [2.75, 3.05) is 17.2 Å². The van der Waals surface area contributed by atoms with E-state index in [-0.39, 0.29) is 24.2 Å².